The summed E-state index contributed by atoms with van der Waals surface area (Å²) in [6, 6.07) is 10.0. The van der Waals surface area contributed by atoms with Gasteiger partial charge in [0.15, 0.2) is 0 Å². The number of aromatic nitrogens is 2. The maximum atomic E-state index is 12.1. The van der Waals surface area contributed by atoms with Gasteiger partial charge < -0.3 is 9.88 Å². The van der Waals surface area contributed by atoms with Crippen LogP contribution in [0, 0.1) is 13.8 Å². The molecule has 108 valence electrons. The number of hydrogen-bond donors (Lipinski definition) is 1. The Kier molecular flexibility index (Phi) is 3.75. The molecule has 1 amide bonds. The minimum Gasteiger partial charge on any atom is -0.350 e. The Hall–Kier alpha value is -2.14. The minimum atomic E-state index is 0.00424. The van der Waals surface area contributed by atoms with Crippen molar-refractivity contribution in [2.24, 2.45) is 0 Å². The molecule has 2 heterocycles. The third-order valence-corrected chi connectivity index (χ3v) is 4.55. The molecule has 0 atom stereocenters. The van der Waals surface area contributed by atoms with Crippen LogP contribution in [0.15, 0.2) is 35.7 Å². The molecule has 0 aliphatic heterocycles. The second kappa shape index (κ2) is 5.69. The van der Waals surface area contributed by atoms with Gasteiger partial charge in [0, 0.05) is 13.1 Å². The largest absolute Gasteiger partial charge is 0.350 e. The third-order valence-electron chi connectivity index (χ3n) is 3.53. The number of carbonyl (C=O) groups excluding carboxylic acids is 1. The molecule has 0 fully saturated rings. The van der Waals surface area contributed by atoms with Crippen molar-refractivity contribution < 1.29 is 4.79 Å². The van der Waals surface area contributed by atoms with Gasteiger partial charge in [-0.25, -0.2) is 4.98 Å². The highest BCUT2D eigenvalue weighted by atomic mass is 32.1. The number of thiophene rings is 1. The zero-order valence-electron chi connectivity index (χ0n) is 12.1. The first kappa shape index (κ1) is 13.8. The number of para-hydroxylation sites is 2. The lowest BCUT2D eigenvalue weighted by molar-refractivity contribution is 0.0956. The molecule has 1 N–H and O–H groups in total. The highest BCUT2D eigenvalue weighted by Crippen LogP contribution is 2.16. The smallest absolute Gasteiger partial charge is 0.261 e. The Bertz CT molecular complexity index is 788. The molecule has 3 rings (SSSR count). The van der Waals surface area contributed by atoms with Gasteiger partial charge >= 0.3 is 0 Å². The van der Waals surface area contributed by atoms with E-state index in [0.717, 1.165) is 33.8 Å². The Morgan fingerprint density at radius 3 is 2.86 bits per heavy atom. The van der Waals surface area contributed by atoms with Crippen LogP contribution in [-0.2, 0) is 6.54 Å². The fraction of sp³-hybridized carbons (Fsp3) is 0.250. The van der Waals surface area contributed by atoms with Gasteiger partial charge in [-0.05, 0) is 43.0 Å². The van der Waals surface area contributed by atoms with Crippen molar-refractivity contribution >= 4 is 28.3 Å². The predicted octanol–water partition coefficient (Wildman–Crippen LogP) is 3.14. The Balaban J connectivity index is 1.69. The molecule has 3 aromatic rings. The van der Waals surface area contributed by atoms with Crippen molar-refractivity contribution in [1.82, 2.24) is 14.9 Å². The van der Waals surface area contributed by atoms with Crippen LogP contribution in [0.1, 0.15) is 21.1 Å². The van der Waals surface area contributed by atoms with E-state index in [1.165, 1.54) is 11.3 Å². The molecule has 4 nitrogen and oxygen atoms in total. The van der Waals surface area contributed by atoms with Gasteiger partial charge in [-0.3, -0.25) is 4.79 Å². The third kappa shape index (κ3) is 2.69. The summed E-state index contributed by atoms with van der Waals surface area (Å²) < 4.78 is 2.14. The number of benzene rings is 1. The number of aryl methyl sites for hydroxylation is 2. The van der Waals surface area contributed by atoms with E-state index in [-0.39, 0.29) is 5.91 Å². The van der Waals surface area contributed by atoms with E-state index < -0.39 is 0 Å². The van der Waals surface area contributed by atoms with Gasteiger partial charge in [-0.2, -0.15) is 0 Å². The second-order valence-corrected chi connectivity index (χ2v) is 5.90. The van der Waals surface area contributed by atoms with Crippen molar-refractivity contribution in [3.8, 4) is 0 Å². The number of rotatable bonds is 4. The fourth-order valence-electron chi connectivity index (χ4n) is 2.45. The van der Waals surface area contributed by atoms with Gasteiger partial charge in [-0.1, -0.05) is 12.1 Å². The molecule has 0 spiro atoms. The zero-order valence-corrected chi connectivity index (χ0v) is 12.9. The van der Waals surface area contributed by atoms with E-state index in [1.807, 2.05) is 43.5 Å². The Labute approximate surface area is 127 Å². The second-order valence-electron chi connectivity index (χ2n) is 4.99. The number of amides is 1. The van der Waals surface area contributed by atoms with Crippen LogP contribution in [0.25, 0.3) is 11.0 Å². The molecular weight excluding hydrogens is 282 g/mol. The summed E-state index contributed by atoms with van der Waals surface area (Å²) in [5, 5.41) is 4.92. The molecule has 0 aliphatic rings. The maximum Gasteiger partial charge on any atom is 0.261 e. The standard InChI is InChI=1S/C16H17N3OS/c1-11-7-10-21-15(11)16(20)17-8-9-19-12(2)18-13-5-3-4-6-14(13)19/h3-7,10H,8-9H2,1-2H3,(H,17,20). The fourth-order valence-corrected chi connectivity index (χ4v) is 3.29. The predicted molar refractivity (Wildman–Crippen MR) is 85.9 cm³/mol. The van der Waals surface area contributed by atoms with E-state index in [0.29, 0.717) is 6.54 Å². The molecule has 0 saturated heterocycles. The van der Waals surface area contributed by atoms with Crippen molar-refractivity contribution in [1.29, 1.82) is 0 Å². The van der Waals surface area contributed by atoms with Crippen molar-refractivity contribution in [3.63, 3.8) is 0 Å². The lowest BCUT2D eigenvalue weighted by Gasteiger charge is -2.08. The van der Waals surface area contributed by atoms with Gasteiger partial charge in [0.05, 0.1) is 15.9 Å². The van der Waals surface area contributed by atoms with E-state index >= 15 is 0 Å². The molecule has 0 bridgehead atoms. The summed E-state index contributed by atoms with van der Waals surface area (Å²) in [7, 11) is 0. The average Bonchev–Trinajstić information content (AvgIpc) is 3.03. The van der Waals surface area contributed by atoms with Crippen LogP contribution in [0.2, 0.25) is 0 Å². The van der Waals surface area contributed by atoms with Gasteiger partial charge in [-0.15, -0.1) is 11.3 Å². The first-order chi connectivity index (χ1) is 10.2. The molecular formula is C16H17N3OS. The molecule has 2 aromatic heterocycles. The number of imidazole rings is 1. The molecule has 1 aromatic carbocycles. The lowest BCUT2D eigenvalue weighted by Crippen LogP contribution is -2.27. The number of nitrogens with one attached hydrogen (secondary N) is 1. The summed E-state index contributed by atoms with van der Waals surface area (Å²) >= 11 is 1.48. The summed E-state index contributed by atoms with van der Waals surface area (Å²) in [5.41, 5.74) is 3.13. The summed E-state index contributed by atoms with van der Waals surface area (Å²) in [5.74, 6) is 0.974. The van der Waals surface area contributed by atoms with Gasteiger partial charge in [0.2, 0.25) is 0 Å². The van der Waals surface area contributed by atoms with Crippen LogP contribution >= 0.6 is 11.3 Å². The molecule has 0 aliphatic carbocycles. The summed E-state index contributed by atoms with van der Waals surface area (Å²) in [6.45, 7) is 5.27. The Morgan fingerprint density at radius 1 is 1.29 bits per heavy atom. The van der Waals surface area contributed by atoms with Crippen molar-refractivity contribution in [2.75, 3.05) is 6.54 Å². The summed E-state index contributed by atoms with van der Waals surface area (Å²) in [6.07, 6.45) is 0. The highest BCUT2D eigenvalue weighted by molar-refractivity contribution is 7.12. The van der Waals surface area contributed by atoms with E-state index in [2.05, 4.69) is 20.9 Å². The zero-order chi connectivity index (χ0) is 14.8. The van der Waals surface area contributed by atoms with Crippen LogP contribution in [0.3, 0.4) is 0 Å². The van der Waals surface area contributed by atoms with Crippen molar-refractivity contribution in [3.05, 3.63) is 52.0 Å². The van der Waals surface area contributed by atoms with E-state index in [1.54, 1.807) is 0 Å². The first-order valence-corrected chi connectivity index (χ1v) is 7.79. The quantitative estimate of drug-likeness (QED) is 0.804. The topological polar surface area (TPSA) is 46.9 Å². The Morgan fingerprint density at radius 2 is 2.10 bits per heavy atom. The molecule has 0 unspecified atom stereocenters. The molecule has 21 heavy (non-hydrogen) atoms. The lowest BCUT2D eigenvalue weighted by atomic mass is 10.3. The maximum absolute atomic E-state index is 12.1. The van der Waals surface area contributed by atoms with Crippen LogP contribution < -0.4 is 5.32 Å². The SMILES string of the molecule is Cc1ccsc1C(=O)NCCn1c(C)nc2ccccc21. The number of nitrogens with zero attached hydrogens (tertiary/aromatic N) is 2. The van der Waals surface area contributed by atoms with E-state index in [9.17, 15) is 4.79 Å². The number of carbonyl (C=O) groups is 1. The first-order valence-electron chi connectivity index (χ1n) is 6.91. The van der Waals surface area contributed by atoms with Gasteiger partial charge in [0.1, 0.15) is 5.82 Å². The number of hydrogen-bond acceptors (Lipinski definition) is 3. The van der Waals surface area contributed by atoms with Crippen LogP contribution in [0.5, 0.6) is 0 Å². The van der Waals surface area contributed by atoms with Gasteiger partial charge in [0.25, 0.3) is 5.91 Å². The highest BCUT2D eigenvalue weighted by Gasteiger charge is 2.10. The van der Waals surface area contributed by atoms with Crippen LogP contribution in [0.4, 0.5) is 0 Å². The molecule has 5 heteroatoms. The van der Waals surface area contributed by atoms with E-state index in [4.69, 9.17) is 0 Å². The van der Waals surface area contributed by atoms with Crippen LogP contribution in [-0.4, -0.2) is 22.0 Å². The summed E-state index contributed by atoms with van der Waals surface area (Å²) in [4.78, 5) is 17.4. The average molecular weight is 299 g/mol. The normalized spacial score (nSPS) is 11.0. The monoisotopic (exact) mass is 299 g/mol. The molecule has 0 radical (unpaired) electrons. The molecule has 0 saturated carbocycles. The van der Waals surface area contributed by atoms with Crippen molar-refractivity contribution in [2.45, 2.75) is 20.4 Å². The minimum absolute atomic E-state index is 0.00424. The number of fused-ring (bicyclic) bond motifs is 1.